The molecule has 3 rings (SSSR count). The Morgan fingerprint density at radius 2 is 1.32 bits per heavy atom. The highest BCUT2D eigenvalue weighted by molar-refractivity contribution is 5.30. The van der Waals surface area contributed by atoms with E-state index >= 15 is 0 Å². The van der Waals surface area contributed by atoms with Gasteiger partial charge in [-0.25, -0.2) is 22.0 Å². The predicted molar refractivity (Wildman–Crippen MR) is 99.7 cm³/mol. The minimum absolute atomic E-state index is 0.101. The number of halogens is 5. The van der Waals surface area contributed by atoms with Gasteiger partial charge in [-0.15, -0.1) is 0 Å². The third-order valence-corrected chi connectivity index (χ3v) is 5.91. The lowest BCUT2D eigenvalue weighted by molar-refractivity contribution is 0.307. The van der Waals surface area contributed by atoms with Gasteiger partial charge in [0.25, 0.3) is 0 Å². The maximum absolute atomic E-state index is 14.5. The van der Waals surface area contributed by atoms with Crippen molar-refractivity contribution in [1.29, 1.82) is 0 Å². The summed E-state index contributed by atoms with van der Waals surface area (Å²) in [4.78, 5) is 0. The molecule has 28 heavy (non-hydrogen) atoms. The Kier molecular flexibility index (Phi) is 6.73. The summed E-state index contributed by atoms with van der Waals surface area (Å²) in [5.41, 5.74) is 0.427. The highest BCUT2D eigenvalue weighted by Crippen LogP contribution is 2.38. The van der Waals surface area contributed by atoms with Crippen molar-refractivity contribution >= 4 is 0 Å². The Hall–Kier alpha value is -1.91. The van der Waals surface area contributed by atoms with Crippen LogP contribution in [-0.2, 0) is 12.8 Å². The highest BCUT2D eigenvalue weighted by Gasteiger charge is 2.24. The molecule has 0 atom stereocenters. The minimum atomic E-state index is -1.28. The van der Waals surface area contributed by atoms with Crippen LogP contribution >= 0.6 is 0 Å². The zero-order valence-electron chi connectivity index (χ0n) is 16.0. The normalized spacial score (nSPS) is 19.8. The second-order valence-electron chi connectivity index (χ2n) is 7.83. The van der Waals surface area contributed by atoms with Crippen LogP contribution < -0.4 is 0 Å². The molecule has 2 aromatic rings. The Bertz CT molecular complexity index is 799. The van der Waals surface area contributed by atoms with Crippen molar-refractivity contribution in [3.8, 4) is 0 Å². The van der Waals surface area contributed by atoms with E-state index in [2.05, 4.69) is 6.92 Å². The number of rotatable bonds is 6. The molecular formula is C23H25F5. The fourth-order valence-electron chi connectivity index (χ4n) is 4.30. The molecule has 1 aliphatic rings. The van der Waals surface area contributed by atoms with E-state index in [1.165, 1.54) is 18.6 Å². The molecule has 5 heteroatoms. The summed E-state index contributed by atoms with van der Waals surface area (Å²) >= 11 is 0. The van der Waals surface area contributed by atoms with Crippen molar-refractivity contribution in [2.24, 2.45) is 5.92 Å². The largest absolute Gasteiger partial charge is 0.207 e. The molecule has 152 valence electrons. The molecule has 0 heterocycles. The first-order valence-corrected chi connectivity index (χ1v) is 10.00. The molecule has 0 radical (unpaired) electrons. The molecular weight excluding hydrogens is 371 g/mol. The quantitative estimate of drug-likeness (QED) is 0.357. The van der Waals surface area contributed by atoms with Crippen LogP contribution in [0, 0.1) is 35.0 Å². The standard InChI is InChI=1S/C23H25F5/c1-2-3-14-4-6-15(7-5-14)17-11-20(25)18(21(26)12-17)9-8-16-10-22(27)23(28)13-19(16)24/h10-15H,2-9H2,1H3. The van der Waals surface area contributed by atoms with Gasteiger partial charge in [-0.05, 0) is 79.7 Å². The molecule has 0 nitrogen and oxygen atoms in total. The average Bonchev–Trinajstić information content (AvgIpc) is 2.65. The van der Waals surface area contributed by atoms with Gasteiger partial charge in [0, 0.05) is 11.6 Å². The second-order valence-corrected chi connectivity index (χ2v) is 7.83. The Labute approximate surface area is 162 Å². The molecule has 1 saturated carbocycles. The maximum Gasteiger partial charge on any atom is 0.161 e. The summed E-state index contributed by atoms with van der Waals surface area (Å²) in [6.07, 6.45) is 6.16. The van der Waals surface area contributed by atoms with E-state index in [0.717, 1.165) is 38.2 Å². The lowest BCUT2D eigenvalue weighted by atomic mass is 9.77. The zero-order chi connectivity index (χ0) is 20.3. The summed E-state index contributed by atoms with van der Waals surface area (Å²) in [7, 11) is 0. The predicted octanol–water partition coefficient (Wildman–Crippen LogP) is 7.24. The van der Waals surface area contributed by atoms with Crippen LogP contribution in [0.3, 0.4) is 0 Å². The molecule has 0 amide bonds. The third kappa shape index (κ3) is 4.73. The smallest absolute Gasteiger partial charge is 0.161 e. The van der Waals surface area contributed by atoms with Crippen molar-refractivity contribution in [3.05, 3.63) is 70.0 Å². The van der Waals surface area contributed by atoms with Crippen LogP contribution in [-0.4, -0.2) is 0 Å². The number of hydrogen-bond donors (Lipinski definition) is 0. The van der Waals surface area contributed by atoms with Gasteiger partial charge in [0.15, 0.2) is 11.6 Å². The third-order valence-electron chi connectivity index (χ3n) is 5.91. The first-order valence-electron chi connectivity index (χ1n) is 10.00. The van der Waals surface area contributed by atoms with Gasteiger partial charge in [-0.1, -0.05) is 19.8 Å². The van der Waals surface area contributed by atoms with Crippen LogP contribution in [0.1, 0.15) is 68.1 Å². The van der Waals surface area contributed by atoms with Crippen LogP contribution in [0.25, 0.3) is 0 Å². The molecule has 0 spiro atoms. The van der Waals surface area contributed by atoms with Gasteiger partial charge >= 0.3 is 0 Å². The van der Waals surface area contributed by atoms with Gasteiger partial charge in [0.2, 0.25) is 0 Å². The molecule has 2 aromatic carbocycles. The van der Waals surface area contributed by atoms with E-state index < -0.39 is 29.1 Å². The van der Waals surface area contributed by atoms with E-state index in [1.54, 1.807) is 0 Å². The van der Waals surface area contributed by atoms with Crippen molar-refractivity contribution in [3.63, 3.8) is 0 Å². The van der Waals surface area contributed by atoms with Crippen molar-refractivity contribution < 1.29 is 22.0 Å². The Morgan fingerprint density at radius 1 is 0.714 bits per heavy atom. The van der Waals surface area contributed by atoms with Gasteiger partial charge in [0.05, 0.1) is 0 Å². The SMILES string of the molecule is CCCC1CCC(c2cc(F)c(CCc3cc(F)c(F)cc3F)c(F)c2)CC1. The van der Waals surface area contributed by atoms with Crippen LogP contribution in [0.15, 0.2) is 24.3 Å². The minimum Gasteiger partial charge on any atom is -0.207 e. The topological polar surface area (TPSA) is 0 Å². The summed E-state index contributed by atoms with van der Waals surface area (Å²) in [5, 5.41) is 0. The van der Waals surface area contributed by atoms with Gasteiger partial charge in [-0.2, -0.15) is 0 Å². The Morgan fingerprint density at radius 3 is 1.93 bits per heavy atom. The zero-order valence-corrected chi connectivity index (χ0v) is 16.0. The first kappa shape index (κ1) is 20.8. The first-order chi connectivity index (χ1) is 13.4. The molecule has 0 bridgehead atoms. The van der Waals surface area contributed by atoms with E-state index in [4.69, 9.17) is 0 Å². The van der Waals surface area contributed by atoms with E-state index in [0.29, 0.717) is 17.5 Å². The number of benzene rings is 2. The summed E-state index contributed by atoms with van der Waals surface area (Å²) in [5.74, 6) is -3.82. The molecule has 0 aromatic heterocycles. The fourth-order valence-corrected chi connectivity index (χ4v) is 4.30. The maximum atomic E-state index is 14.5. The average molecular weight is 396 g/mol. The molecule has 1 fully saturated rings. The van der Waals surface area contributed by atoms with Crippen LogP contribution in [0.4, 0.5) is 22.0 Å². The molecule has 0 unspecified atom stereocenters. The second kappa shape index (κ2) is 9.06. The molecule has 0 aliphatic heterocycles. The number of hydrogen-bond acceptors (Lipinski definition) is 0. The van der Waals surface area contributed by atoms with E-state index in [9.17, 15) is 22.0 Å². The van der Waals surface area contributed by atoms with Gasteiger partial charge in [-0.3, -0.25) is 0 Å². The highest BCUT2D eigenvalue weighted by atomic mass is 19.2. The monoisotopic (exact) mass is 396 g/mol. The van der Waals surface area contributed by atoms with Crippen molar-refractivity contribution in [2.75, 3.05) is 0 Å². The van der Waals surface area contributed by atoms with Crippen LogP contribution in [0.5, 0.6) is 0 Å². The lowest BCUT2D eigenvalue weighted by Gasteiger charge is -2.29. The molecule has 0 N–H and O–H groups in total. The fraction of sp³-hybridized carbons (Fsp3) is 0.478. The Balaban J connectivity index is 1.70. The lowest BCUT2D eigenvalue weighted by Crippen LogP contribution is -2.14. The van der Waals surface area contributed by atoms with E-state index in [-0.39, 0.29) is 29.9 Å². The van der Waals surface area contributed by atoms with Gasteiger partial charge < -0.3 is 0 Å². The van der Waals surface area contributed by atoms with E-state index in [1.807, 2.05) is 0 Å². The summed E-state index contributed by atoms with van der Waals surface area (Å²) < 4.78 is 69.1. The van der Waals surface area contributed by atoms with Crippen molar-refractivity contribution in [2.45, 2.75) is 64.2 Å². The van der Waals surface area contributed by atoms with Crippen LogP contribution in [0.2, 0.25) is 0 Å². The summed E-state index contributed by atoms with van der Waals surface area (Å²) in [6, 6.07) is 3.95. The summed E-state index contributed by atoms with van der Waals surface area (Å²) in [6.45, 7) is 2.17. The molecule has 1 aliphatic carbocycles. The number of aryl methyl sites for hydroxylation is 1. The molecule has 0 saturated heterocycles. The van der Waals surface area contributed by atoms with Crippen molar-refractivity contribution in [1.82, 2.24) is 0 Å². The van der Waals surface area contributed by atoms with Gasteiger partial charge in [0.1, 0.15) is 17.5 Å².